The van der Waals surface area contributed by atoms with Crippen molar-refractivity contribution in [1.29, 1.82) is 0 Å². The second-order valence-electron chi connectivity index (χ2n) is 9.50. The molecule has 0 amide bonds. The summed E-state index contributed by atoms with van der Waals surface area (Å²) in [4.78, 5) is 21.0. The maximum Gasteiger partial charge on any atom is 0.416 e. The maximum atomic E-state index is 14.1. The molecule has 0 aliphatic carbocycles. The van der Waals surface area contributed by atoms with Crippen LogP contribution in [0.25, 0.3) is 0 Å². The Morgan fingerprint density at radius 2 is 1.41 bits per heavy atom. The van der Waals surface area contributed by atoms with E-state index >= 15 is 0 Å². The molecule has 3 aromatic carbocycles. The molecule has 0 saturated carbocycles. The molecular formula is C30H28F3N3O. The van der Waals surface area contributed by atoms with E-state index < -0.39 is 11.7 Å². The zero-order valence-electron chi connectivity index (χ0n) is 20.7. The summed E-state index contributed by atoms with van der Waals surface area (Å²) in [7, 11) is 0. The molecule has 0 fully saturated rings. The van der Waals surface area contributed by atoms with Gasteiger partial charge in [0, 0.05) is 25.6 Å². The van der Waals surface area contributed by atoms with Crippen molar-refractivity contribution in [1.82, 2.24) is 14.5 Å². The second kappa shape index (κ2) is 9.98. The SMILES string of the molecule is Cc1nc2c(c(=O)n1C(c1ccccc1)c1ccccc1)CN([C@@H](C)c1ccc(C(F)(F)F)cc1)CC2. The fraction of sp³-hybridized carbons (Fsp3) is 0.267. The van der Waals surface area contributed by atoms with Crippen molar-refractivity contribution >= 4 is 0 Å². The van der Waals surface area contributed by atoms with Crippen LogP contribution in [-0.2, 0) is 19.1 Å². The topological polar surface area (TPSA) is 38.1 Å². The van der Waals surface area contributed by atoms with Crippen LogP contribution < -0.4 is 5.56 Å². The van der Waals surface area contributed by atoms with Crippen molar-refractivity contribution in [2.75, 3.05) is 6.54 Å². The van der Waals surface area contributed by atoms with Crippen molar-refractivity contribution in [3.8, 4) is 0 Å². The van der Waals surface area contributed by atoms with Crippen molar-refractivity contribution in [3.63, 3.8) is 0 Å². The molecule has 5 rings (SSSR count). The number of rotatable bonds is 5. The van der Waals surface area contributed by atoms with Gasteiger partial charge in [0.15, 0.2) is 0 Å². The van der Waals surface area contributed by atoms with Gasteiger partial charge in [0.05, 0.1) is 22.9 Å². The highest BCUT2D eigenvalue weighted by Gasteiger charge is 2.32. The Bertz CT molecular complexity index is 1390. The van der Waals surface area contributed by atoms with Crippen LogP contribution in [-0.4, -0.2) is 21.0 Å². The number of alkyl halides is 3. The van der Waals surface area contributed by atoms with E-state index in [2.05, 4.69) is 4.90 Å². The molecule has 0 bridgehead atoms. The molecule has 37 heavy (non-hydrogen) atoms. The molecule has 0 radical (unpaired) electrons. The van der Waals surface area contributed by atoms with E-state index in [1.807, 2.05) is 74.5 Å². The highest BCUT2D eigenvalue weighted by molar-refractivity contribution is 5.35. The lowest BCUT2D eigenvalue weighted by molar-refractivity contribution is -0.137. The minimum absolute atomic E-state index is 0.0791. The van der Waals surface area contributed by atoms with Crippen LogP contribution in [0.4, 0.5) is 13.2 Å². The van der Waals surface area contributed by atoms with Gasteiger partial charge >= 0.3 is 6.18 Å². The lowest BCUT2D eigenvalue weighted by Gasteiger charge is -2.34. The summed E-state index contributed by atoms with van der Waals surface area (Å²) in [6, 6.07) is 24.6. The van der Waals surface area contributed by atoms with E-state index in [-0.39, 0.29) is 17.6 Å². The quantitative estimate of drug-likeness (QED) is 0.320. The van der Waals surface area contributed by atoms with Crippen molar-refractivity contribution in [2.45, 2.75) is 45.1 Å². The molecule has 2 heterocycles. The van der Waals surface area contributed by atoms with Crippen LogP contribution >= 0.6 is 0 Å². The molecule has 1 aromatic heterocycles. The van der Waals surface area contributed by atoms with Gasteiger partial charge < -0.3 is 0 Å². The molecule has 1 atom stereocenters. The summed E-state index contributed by atoms with van der Waals surface area (Å²) in [5, 5.41) is 0. The highest BCUT2D eigenvalue weighted by atomic mass is 19.4. The van der Waals surface area contributed by atoms with E-state index in [9.17, 15) is 18.0 Å². The van der Waals surface area contributed by atoms with Gasteiger partial charge in [-0.15, -0.1) is 0 Å². The summed E-state index contributed by atoms with van der Waals surface area (Å²) in [6.07, 6.45) is -3.76. The number of hydrogen-bond donors (Lipinski definition) is 0. The summed E-state index contributed by atoms with van der Waals surface area (Å²) in [5.41, 5.74) is 3.47. The molecule has 1 aliphatic heterocycles. The number of aromatic nitrogens is 2. The monoisotopic (exact) mass is 503 g/mol. The maximum absolute atomic E-state index is 14.1. The Morgan fingerprint density at radius 1 is 0.838 bits per heavy atom. The first-order valence-electron chi connectivity index (χ1n) is 12.4. The largest absolute Gasteiger partial charge is 0.416 e. The van der Waals surface area contributed by atoms with Crippen molar-refractivity contribution in [3.05, 3.63) is 135 Å². The standard InChI is InChI=1S/C30H28F3N3O/c1-20(22-13-15-25(16-14-22)30(31,32)33)35-18-17-27-26(19-35)29(37)36(21(2)34-27)28(23-9-5-3-6-10-23)24-11-7-4-8-12-24/h3-16,20,28H,17-19H2,1-2H3/t20-/m0/s1. The fourth-order valence-electron chi connectivity index (χ4n) is 5.19. The normalized spacial score (nSPS) is 15.0. The first-order valence-corrected chi connectivity index (χ1v) is 12.4. The first-order chi connectivity index (χ1) is 17.7. The number of hydrogen-bond acceptors (Lipinski definition) is 3. The van der Waals surface area contributed by atoms with Gasteiger partial charge in [0.25, 0.3) is 5.56 Å². The van der Waals surface area contributed by atoms with E-state index in [0.29, 0.717) is 30.9 Å². The molecule has 4 nitrogen and oxygen atoms in total. The van der Waals surface area contributed by atoms with E-state index in [1.54, 1.807) is 4.57 Å². The van der Waals surface area contributed by atoms with Crippen LogP contribution in [0.15, 0.2) is 89.7 Å². The Morgan fingerprint density at radius 3 is 1.95 bits per heavy atom. The average Bonchev–Trinajstić information content (AvgIpc) is 2.91. The zero-order valence-corrected chi connectivity index (χ0v) is 20.7. The molecule has 0 spiro atoms. The van der Waals surface area contributed by atoms with Crippen LogP contribution in [0.3, 0.4) is 0 Å². The summed E-state index contributed by atoms with van der Waals surface area (Å²) < 4.78 is 40.8. The Kier molecular flexibility index (Phi) is 6.73. The predicted molar refractivity (Wildman–Crippen MR) is 137 cm³/mol. The summed E-state index contributed by atoms with van der Waals surface area (Å²) in [6.45, 7) is 4.90. The smallest absolute Gasteiger partial charge is 0.292 e. The van der Waals surface area contributed by atoms with Crippen LogP contribution in [0.1, 0.15) is 58.3 Å². The lowest BCUT2D eigenvalue weighted by atomic mass is 9.97. The van der Waals surface area contributed by atoms with Gasteiger partial charge in [0.2, 0.25) is 0 Å². The number of aryl methyl sites for hydroxylation is 1. The Balaban J connectivity index is 1.52. The molecular weight excluding hydrogens is 475 g/mol. The van der Waals surface area contributed by atoms with Gasteiger partial charge in [-0.1, -0.05) is 72.8 Å². The molecule has 0 saturated heterocycles. The fourth-order valence-corrected chi connectivity index (χ4v) is 5.19. The van der Waals surface area contributed by atoms with Crippen LogP contribution in [0, 0.1) is 6.92 Å². The molecule has 0 unspecified atom stereocenters. The average molecular weight is 504 g/mol. The van der Waals surface area contributed by atoms with Gasteiger partial charge in [0.1, 0.15) is 5.82 Å². The minimum atomic E-state index is -4.37. The number of fused-ring (bicyclic) bond motifs is 1. The minimum Gasteiger partial charge on any atom is -0.292 e. The number of benzene rings is 3. The Hall–Kier alpha value is -3.71. The lowest BCUT2D eigenvalue weighted by Crippen LogP contribution is -2.41. The summed E-state index contributed by atoms with van der Waals surface area (Å²) >= 11 is 0. The van der Waals surface area contributed by atoms with Crippen LogP contribution in [0.2, 0.25) is 0 Å². The van der Waals surface area contributed by atoms with Gasteiger partial charge in [-0.25, -0.2) is 4.98 Å². The molecule has 0 N–H and O–H groups in total. The summed E-state index contributed by atoms with van der Waals surface area (Å²) in [5.74, 6) is 0.658. The Labute approximate surface area is 214 Å². The predicted octanol–water partition coefficient (Wildman–Crippen LogP) is 6.33. The molecule has 4 aromatic rings. The van der Waals surface area contributed by atoms with E-state index in [4.69, 9.17) is 4.98 Å². The van der Waals surface area contributed by atoms with Crippen LogP contribution in [0.5, 0.6) is 0 Å². The van der Waals surface area contributed by atoms with Gasteiger partial charge in [-0.3, -0.25) is 14.3 Å². The van der Waals surface area contributed by atoms with E-state index in [0.717, 1.165) is 34.5 Å². The first kappa shape index (κ1) is 25.0. The number of nitrogens with zero attached hydrogens (tertiary/aromatic N) is 3. The second-order valence-corrected chi connectivity index (χ2v) is 9.50. The molecule has 190 valence electrons. The third-order valence-corrected chi connectivity index (χ3v) is 7.22. The molecule has 1 aliphatic rings. The number of halogens is 3. The van der Waals surface area contributed by atoms with Gasteiger partial charge in [-0.2, -0.15) is 13.2 Å². The third kappa shape index (κ3) is 4.96. The third-order valence-electron chi connectivity index (χ3n) is 7.22. The molecule has 7 heteroatoms. The van der Waals surface area contributed by atoms with Gasteiger partial charge in [-0.05, 0) is 42.7 Å². The zero-order chi connectivity index (χ0) is 26.2. The van der Waals surface area contributed by atoms with E-state index in [1.165, 1.54) is 12.1 Å². The highest BCUT2D eigenvalue weighted by Crippen LogP contribution is 2.32. The van der Waals surface area contributed by atoms with Crippen molar-refractivity contribution in [2.24, 2.45) is 0 Å². The van der Waals surface area contributed by atoms with Crippen molar-refractivity contribution < 1.29 is 13.2 Å².